The molecule has 0 unspecified atom stereocenters. The minimum absolute atomic E-state index is 0.0849. The van der Waals surface area contributed by atoms with E-state index in [-0.39, 0.29) is 25.6 Å². The molecule has 0 aromatic carbocycles. The van der Waals surface area contributed by atoms with Gasteiger partial charge in [0.15, 0.2) is 0 Å². The first-order chi connectivity index (χ1) is 8.81. The second-order valence-corrected chi connectivity index (χ2v) is 5.59. The summed E-state index contributed by atoms with van der Waals surface area (Å²) in [6.45, 7) is -0.264. The van der Waals surface area contributed by atoms with Crippen LogP contribution in [0.2, 0.25) is 0 Å². The highest BCUT2D eigenvalue weighted by Gasteiger charge is 2.16. The zero-order valence-corrected chi connectivity index (χ0v) is 10.9. The molecule has 1 rings (SSSR count). The fourth-order valence-corrected chi connectivity index (χ4v) is 1.70. The van der Waals surface area contributed by atoms with Crippen molar-refractivity contribution in [1.29, 1.82) is 0 Å². The number of hydrogen-bond acceptors (Lipinski definition) is 6. The van der Waals surface area contributed by atoms with Crippen LogP contribution in [0.4, 0.5) is 5.82 Å². The molecule has 108 valence electrons. The van der Waals surface area contributed by atoms with Gasteiger partial charge in [-0.25, -0.2) is 4.79 Å². The Hall–Kier alpha value is -1.25. The summed E-state index contributed by atoms with van der Waals surface area (Å²) in [4.78, 5) is 32.2. The minimum atomic E-state index is -4.23. The quantitative estimate of drug-likeness (QED) is 0.448. The van der Waals surface area contributed by atoms with Crippen LogP contribution in [0.5, 0.6) is 0 Å². The molecule has 0 aliphatic rings. The lowest BCUT2D eigenvalue weighted by molar-refractivity contribution is 0.0809. The average Bonchev–Trinajstić information content (AvgIpc) is 2.29. The molecule has 0 spiro atoms. The van der Waals surface area contributed by atoms with Crippen LogP contribution >= 0.6 is 7.60 Å². The molecule has 0 radical (unpaired) electrons. The number of nitrogens with zero attached hydrogens (tertiary/aromatic N) is 2. The highest BCUT2D eigenvalue weighted by atomic mass is 31.2. The van der Waals surface area contributed by atoms with E-state index in [0.717, 1.165) is 0 Å². The molecule has 10 heteroatoms. The minimum Gasteiger partial charge on any atom is -0.396 e. The number of anilines is 1. The maximum absolute atomic E-state index is 11.4. The van der Waals surface area contributed by atoms with Gasteiger partial charge in [-0.15, -0.1) is 0 Å². The van der Waals surface area contributed by atoms with Crippen molar-refractivity contribution in [2.75, 3.05) is 25.3 Å². The molecule has 9 nitrogen and oxygen atoms in total. The molecule has 1 aromatic rings. The Labute approximate surface area is 108 Å². The predicted molar refractivity (Wildman–Crippen MR) is 66.3 cm³/mol. The standard InChI is InChI=1S/C9H16N3O6P/c10-8-1-2-12(9(14)11-8)3-7(4-13)5-18-6-19(15,16)17/h1-2,7,13H,3-6H2,(H2,10,11,14)(H2,15,16,17)/t7-/m1/s1. The number of nitrogens with two attached hydrogens (primary N) is 1. The van der Waals surface area contributed by atoms with Crippen molar-refractivity contribution in [2.45, 2.75) is 6.54 Å². The van der Waals surface area contributed by atoms with E-state index in [4.69, 9.17) is 25.4 Å². The van der Waals surface area contributed by atoms with Gasteiger partial charge >= 0.3 is 13.3 Å². The molecule has 0 saturated heterocycles. The van der Waals surface area contributed by atoms with Crippen molar-refractivity contribution in [1.82, 2.24) is 9.55 Å². The van der Waals surface area contributed by atoms with Gasteiger partial charge in [-0.1, -0.05) is 0 Å². The lowest BCUT2D eigenvalue weighted by Crippen LogP contribution is -2.29. The van der Waals surface area contributed by atoms with Crippen molar-refractivity contribution in [3.8, 4) is 0 Å². The van der Waals surface area contributed by atoms with E-state index < -0.39 is 25.6 Å². The fourth-order valence-electron chi connectivity index (χ4n) is 1.36. The van der Waals surface area contributed by atoms with Gasteiger partial charge in [0, 0.05) is 25.3 Å². The Kier molecular flexibility index (Phi) is 5.64. The van der Waals surface area contributed by atoms with Crippen molar-refractivity contribution in [3.05, 3.63) is 22.7 Å². The average molecular weight is 293 g/mol. The van der Waals surface area contributed by atoms with Crippen molar-refractivity contribution in [2.24, 2.45) is 5.92 Å². The molecule has 5 N–H and O–H groups in total. The van der Waals surface area contributed by atoms with Crippen LogP contribution in [-0.4, -0.2) is 44.0 Å². The molecule has 0 bridgehead atoms. The van der Waals surface area contributed by atoms with Crippen molar-refractivity contribution in [3.63, 3.8) is 0 Å². The second-order valence-electron chi connectivity index (χ2n) is 4.00. The second kappa shape index (κ2) is 6.78. The van der Waals surface area contributed by atoms with E-state index in [0.29, 0.717) is 0 Å². The molecule has 1 atom stereocenters. The smallest absolute Gasteiger partial charge is 0.350 e. The lowest BCUT2D eigenvalue weighted by Gasteiger charge is -2.16. The van der Waals surface area contributed by atoms with Gasteiger partial charge in [0.1, 0.15) is 12.2 Å². The molecular weight excluding hydrogens is 277 g/mol. The van der Waals surface area contributed by atoms with Gasteiger partial charge in [0.05, 0.1) is 6.61 Å². The first kappa shape index (κ1) is 15.8. The highest BCUT2D eigenvalue weighted by Crippen LogP contribution is 2.33. The Morgan fingerprint density at radius 2 is 2.21 bits per heavy atom. The van der Waals surface area contributed by atoms with Gasteiger partial charge in [-0.2, -0.15) is 4.98 Å². The molecule has 0 amide bonds. The van der Waals surface area contributed by atoms with Gasteiger partial charge in [0.25, 0.3) is 0 Å². The van der Waals surface area contributed by atoms with Crippen LogP contribution in [0.25, 0.3) is 0 Å². The summed E-state index contributed by atoms with van der Waals surface area (Å²) < 4.78 is 16.6. The number of aliphatic hydroxyl groups is 1. The van der Waals surface area contributed by atoms with E-state index in [1.165, 1.54) is 16.8 Å². The van der Waals surface area contributed by atoms with Gasteiger partial charge < -0.3 is 25.4 Å². The lowest BCUT2D eigenvalue weighted by atomic mass is 10.2. The summed E-state index contributed by atoms with van der Waals surface area (Å²) >= 11 is 0. The molecule has 0 fully saturated rings. The Balaban J connectivity index is 2.57. The third-order valence-corrected chi connectivity index (χ3v) is 2.74. The van der Waals surface area contributed by atoms with E-state index in [1.807, 2.05) is 0 Å². The fraction of sp³-hybridized carbons (Fsp3) is 0.556. The largest absolute Gasteiger partial charge is 0.396 e. The number of ether oxygens (including phenoxy) is 1. The van der Waals surface area contributed by atoms with Crippen LogP contribution in [0.3, 0.4) is 0 Å². The Bertz CT molecular complexity index is 513. The van der Waals surface area contributed by atoms with Crippen LogP contribution in [0.15, 0.2) is 17.1 Å². The maximum Gasteiger partial charge on any atom is 0.350 e. The number of nitrogen functional groups attached to an aromatic ring is 1. The summed E-state index contributed by atoms with van der Waals surface area (Å²) in [5.41, 5.74) is 4.77. The molecule has 0 aliphatic carbocycles. The molecular formula is C9H16N3O6P. The number of aromatic nitrogens is 2. The SMILES string of the molecule is Nc1ccn(C[C@H](CO)COCP(=O)(O)O)c(=O)n1. The normalized spacial score (nSPS) is 13.4. The topological polar surface area (TPSA) is 148 Å². The summed E-state index contributed by atoms with van der Waals surface area (Å²) in [6, 6.07) is 1.44. The van der Waals surface area contributed by atoms with Crippen molar-refractivity contribution < 1.29 is 24.2 Å². The van der Waals surface area contributed by atoms with E-state index in [1.54, 1.807) is 0 Å². The number of rotatable bonds is 7. The van der Waals surface area contributed by atoms with Crippen LogP contribution in [-0.2, 0) is 15.8 Å². The summed E-state index contributed by atoms with van der Waals surface area (Å²) in [7, 11) is -4.23. The zero-order valence-electron chi connectivity index (χ0n) is 10.0. The first-order valence-corrected chi connectivity index (χ1v) is 7.17. The number of hydrogen-bond donors (Lipinski definition) is 4. The van der Waals surface area contributed by atoms with Gasteiger partial charge in [-0.3, -0.25) is 9.13 Å². The Morgan fingerprint density at radius 1 is 1.53 bits per heavy atom. The molecule has 0 saturated carbocycles. The molecule has 1 aromatic heterocycles. The van der Waals surface area contributed by atoms with Crippen LogP contribution < -0.4 is 11.4 Å². The summed E-state index contributed by atoms with van der Waals surface area (Å²) in [5, 5.41) is 9.13. The number of aliphatic hydroxyl groups excluding tert-OH is 1. The van der Waals surface area contributed by atoms with E-state index in [9.17, 15) is 9.36 Å². The van der Waals surface area contributed by atoms with Gasteiger partial charge in [0.2, 0.25) is 0 Å². The van der Waals surface area contributed by atoms with Crippen LogP contribution in [0, 0.1) is 5.92 Å². The predicted octanol–water partition coefficient (Wildman–Crippen LogP) is -1.41. The summed E-state index contributed by atoms with van der Waals surface area (Å²) in [5.74, 6) is -0.380. The first-order valence-electron chi connectivity index (χ1n) is 5.38. The third-order valence-electron chi connectivity index (χ3n) is 2.22. The zero-order chi connectivity index (χ0) is 14.5. The molecule has 19 heavy (non-hydrogen) atoms. The summed E-state index contributed by atoms with van der Waals surface area (Å²) in [6.07, 6.45) is 0.703. The monoisotopic (exact) mass is 293 g/mol. The maximum atomic E-state index is 11.4. The van der Waals surface area contributed by atoms with Crippen molar-refractivity contribution >= 4 is 13.4 Å². The highest BCUT2D eigenvalue weighted by molar-refractivity contribution is 7.51. The van der Waals surface area contributed by atoms with Gasteiger partial charge in [-0.05, 0) is 6.07 Å². The van der Waals surface area contributed by atoms with Crippen LogP contribution in [0.1, 0.15) is 0 Å². The molecule has 1 heterocycles. The van der Waals surface area contributed by atoms with E-state index in [2.05, 4.69) is 4.98 Å². The Morgan fingerprint density at radius 3 is 2.74 bits per heavy atom. The van der Waals surface area contributed by atoms with E-state index >= 15 is 0 Å². The third kappa shape index (κ3) is 5.95. The molecule has 0 aliphatic heterocycles.